The summed E-state index contributed by atoms with van der Waals surface area (Å²) in [6, 6.07) is 9.52. The zero-order chi connectivity index (χ0) is 17.4. The fourth-order valence-electron chi connectivity index (χ4n) is 3.09. The highest BCUT2D eigenvalue weighted by molar-refractivity contribution is 6.35. The van der Waals surface area contributed by atoms with Crippen molar-refractivity contribution in [1.82, 2.24) is 19.8 Å². The second kappa shape index (κ2) is 6.78. The van der Waals surface area contributed by atoms with Crippen molar-refractivity contribution in [1.29, 1.82) is 0 Å². The average Bonchev–Trinajstić information content (AvgIpc) is 3.04. The topological polar surface area (TPSA) is 55.5 Å². The fourth-order valence-corrected chi connectivity index (χ4v) is 3.62. The van der Waals surface area contributed by atoms with Crippen LogP contribution >= 0.6 is 23.2 Å². The molecule has 1 unspecified atom stereocenters. The summed E-state index contributed by atoms with van der Waals surface area (Å²) in [7, 11) is 0. The highest BCUT2D eigenvalue weighted by atomic mass is 35.5. The molecule has 0 bridgehead atoms. The minimum Gasteiger partial charge on any atom is -0.377 e. The second-order valence-corrected chi connectivity index (χ2v) is 6.85. The van der Waals surface area contributed by atoms with E-state index in [0.717, 1.165) is 31.0 Å². The summed E-state index contributed by atoms with van der Waals surface area (Å²) in [6.45, 7) is 4.39. The molecule has 1 fully saturated rings. The zero-order valence-corrected chi connectivity index (χ0v) is 15.2. The molecule has 1 atom stereocenters. The lowest BCUT2D eigenvalue weighted by Crippen LogP contribution is -2.45. The number of ether oxygens (including phenoxy) is 1. The van der Waals surface area contributed by atoms with E-state index in [9.17, 15) is 0 Å². The third-order valence-corrected chi connectivity index (χ3v) is 4.80. The largest absolute Gasteiger partial charge is 0.377 e. The van der Waals surface area contributed by atoms with E-state index < -0.39 is 0 Å². The Morgan fingerprint density at radius 2 is 1.96 bits per heavy atom. The van der Waals surface area contributed by atoms with E-state index in [2.05, 4.69) is 22.0 Å². The lowest BCUT2D eigenvalue weighted by atomic mass is 10.2. The van der Waals surface area contributed by atoms with Gasteiger partial charge in [0.15, 0.2) is 11.5 Å². The number of morpholine rings is 1. The highest BCUT2D eigenvalue weighted by Gasteiger charge is 2.23. The summed E-state index contributed by atoms with van der Waals surface area (Å²) in [5.74, 6) is 1.50. The van der Waals surface area contributed by atoms with Gasteiger partial charge in [0.1, 0.15) is 5.82 Å². The molecule has 3 heterocycles. The van der Waals surface area contributed by atoms with Crippen LogP contribution in [0.1, 0.15) is 13.3 Å². The monoisotopic (exact) mass is 377 g/mol. The number of halogens is 2. The van der Waals surface area contributed by atoms with Crippen LogP contribution in [0.3, 0.4) is 0 Å². The van der Waals surface area contributed by atoms with Gasteiger partial charge in [-0.2, -0.15) is 4.52 Å². The molecule has 4 rings (SSSR count). The molecule has 0 radical (unpaired) electrons. The lowest BCUT2D eigenvalue weighted by Gasteiger charge is -2.35. The van der Waals surface area contributed by atoms with E-state index in [-0.39, 0.29) is 0 Å². The minimum atomic E-state index is 0.319. The molecule has 0 aliphatic carbocycles. The predicted molar refractivity (Wildman–Crippen MR) is 98.5 cm³/mol. The molecule has 0 amide bonds. The van der Waals surface area contributed by atoms with Crippen LogP contribution in [0, 0.1) is 0 Å². The molecule has 130 valence electrons. The zero-order valence-electron chi connectivity index (χ0n) is 13.7. The molecule has 1 aliphatic heterocycles. The molecule has 1 saturated heterocycles. The van der Waals surface area contributed by atoms with E-state index in [1.165, 1.54) is 0 Å². The van der Waals surface area contributed by atoms with Gasteiger partial charge in [0.25, 0.3) is 0 Å². The average molecular weight is 378 g/mol. The molecule has 0 N–H and O–H groups in total. The fraction of sp³-hybridized carbons (Fsp3) is 0.353. The van der Waals surface area contributed by atoms with Crippen LogP contribution in [0.25, 0.3) is 17.0 Å². The number of hydrogen-bond acceptors (Lipinski definition) is 5. The van der Waals surface area contributed by atoms with Gasteiger partial charge in [-0.1, -0.05) is 30.1 Å². The molecule has 1 aromatic carbocycles. The third kappa shape index (κ3) is 3.17. The number of benzene rings is 1. The van der Waals surface area contributed by atoms with Crippen molar-refractivity contribution in [2.75, 3.05) is 24.7 Å². The van der Waals surface area contributed by atoms with Gasteiger partial charge in [-0.3, -0.25) is 0 Å². The Bertz CT molecular complexity index is 893. The number of nitrogens with zero attached hydrogens (tertiary/aromatic N) is 5. The van der Waals surface area contributed by atoms with Crippen molar-refractivity contribution in [3.63, 3.8) is 0 Å². The van der Waals surface area contributed by atoms with Crippen molar-refractivity contribution in [2.45, 2.75) is 19.4 Å². The summed E-state index contributed by atoms with van der Waals surface area (Å²) < 4.78 is 7.32. The SMILES string of the molecule is CCC1COCCN1c1ccc2nnc(-c3cc(Cl)cc(Cl)c3)n2n1. The first-order valence-electron chi connectivity index (χ1n) is 8.19. The summed E-state index contributed by atoms with van der Waals surface area (Å²) in [6.07, 6.45) is 0.999. The Morgan fingerprint density at radius 3 is 2.72 bits per heavy atom. The molecule has 1 aliphatic rings. The maximum atomic E-state index is 6.12. The van der Waals surface area contributed by atoms with Gasteiger partial charge in [0.2, 0.25) is 0 Å². The first-order chi connectivity index (χ1) is 12.2. The quantitative estimate of drug-likeness (QED) is 0.696. The van der Waals surface area contributed by atoms with Crippen molar-refractivity contribution < 1.29 is 4.74 Å². The molecule has 25 heavy (non-hydrogen) atoms. The van der Waals surface area contributed by atoms with Gasteiger partial charge in [0.05, 0.1) is 19.3 Å². The molecule has 6 nitrogen and oxygen atoms in total. The van der Waals surface area contributed by atoms with E-state index >= 15 is 0 Å². The maximum Gasteiger partial charge on any atom is 0.185 e. The molecule has 3 aromatic rings. The molecule has 0 spiro atoms. The third-order valence-electron chi connectivity index (χ3n) is 4.36. The van der Waals surface area contributed by atoms with Crippen LogP contribution in [0.4, 0.5) is 5.82 Å². The normalized spacial score (nSPS) is 18.0. The number of aromatic nitrogens is 4. The highest BCUT2D eigenvalue weighted by Crippen LogP contribution is 2.27. The van der Waals surface area contributed by atoms with Crippen molar-refractivity contribution in [3.8, 4) is 11.4 Å². The van der Waals surface area contributed by atoms with Crippen LogP contribution in [0.5, 0.6) is 0 Å². The van der Waals surface area contributed by atoms with Gasteiger partial charge >= 0.3 is 0 Å². The Balaban J connectivity index is 1.80. The van der Waals surface area contributed by atoms with Crippen LogP contribution < -0.4 is 4.90 Å². The second-order valence-electron chi connectivity index (χ2n) is 5.97. The van der Waals surface area contributed by atoms with Crippen molar-refractivity contribution in [2.24, 2.45) is 0 Å². The van der Waals surface area contributed by atoms with Crippen LogP contribution in [-0.2, 0) is 4.74 Å². The van der Waals surface area contributed by atoms with Crippen molar-refractivity contribution in [3.05, 3.63) is 40.4 Å². The predicted octanol–water partition coefficient (Wildman–Crippen LogP) is 3.71. The summed E-state index contributed by atoms with van der Waals surface area (Å²) in [5.41, 5.74) is 1.46. The molecular formula is C17H17Cl2N5O. The summed E-state index contributed by atoms with van der Waals surface area (Å²) in [5, 5.41) is 14.3. The standard InChI is InChI=1S/C17H17Cl2N5O/c1-2-14-10-25-6-5-23(14)16-4-3-15-20-21-17(24(15)22-16)11-7-12(18)9-13(19)8-11/h3-4,7-9,14H,2,5-6,10H2,1H3. The molecular weight excluding hydrogens is 361 g/mol. The van der Waals surface area contributed by atoms with E-state index in [4.69, 9.17) is 33.0 Å². The van der Waals surface area contributed by atoms with Crippen LogP contribution in [0.2, 0.25) is 10.0 Å². The lowest BCUT2D eigenvalue weighted by molar-refractivity contribution is 0.0924. The minimum absolute atomic E-state index is 0.319. The Labute approximate surface area is 155 Å². The molecule has 2 aromatic heterocycles. The first kappa shape index (κ1) is 16.6. The molecule has 0 saturated carbocycles. The van der Waals surface area contributed by atoms with Crippen molar-refractivity contribution >= 4 is 34.7 Å². The van der Waals surface area contributed by atoms with Crippen LogP contribution in [-0.4, -0.2) is 45.6 Å². The van der Waals surface area contributed by atoms with Gasteiger partial charge in [-0.15, -0.1) is 15.3 Å². The van der Waals surface area contributed by atoms with Crippen LogP contribution in [0.15, 0.2) is 30.3 Å². The number of rotatable bonds is 3. The van der Waals surface area contributed by atoms with E-state index in [1.54, 1.807) is 10.6 Å². The Hall–Kier alpha value is -1.89. The first-order valence-corrected chi connectivity index (χ1v) is 8.94. The number of hydrogen-bond donors (Lipinski definition) is 0. The summed E-state index contributed by atoms with van der Waals surface area (Å²) in [4.78, 5) is 2.28. The molecule has 8 heteroatoms. The number of anilines is 1. The van der Waals surface area contributed by atoms with E-state index in [0.29, 0.717) is 34.2 Å². The number of fused-ring (bicyclic) bond motifs is 1. The summed E-state index contributed by atoms with van der Waals surface area (Å²) >= 11 is 12.2. The Kier molecular flexibility index (Phi) is 4.50. The van der Waals surface area contributed by atoms with Gasteiger partial charge in [-0.25, -0.2) is 0 Å². The Morgan fingerprint density at radius 1 is 1.16 bits per heavy atom. The smallest absolute Gasteiger partial charge is 0.185 e. The van der Waals surface area contributed by atoms with E-state index in [1.807, 2.05) is 24.3 Å². The maximum absolute atomic E-state index is 6.12. The van der Waals surface area contributed by atoms with Gasteiger partial charge in [0, 0.05) is 22.2 Å². The van der Waals surface area contributed by atoms with Gasteiger partial charge in [-0.05, 0) is 36.8 Å². The van der Waals surface area contributed by atoms with Gasteiger partial charge < -0.3 is 9.64 Å².